The summed E-state index contributed by atoms with van der Waals surface area (Å²) < 4.78 is 64.4. The average molecular weight is 383 g/mol. The Balaban J connectivity index is 2.32. The molecule has 1 amide bonds. The number of hydrogen-bond donors (Lipinski definition) is 1. The van der Waals surface area contributed by atoms with Gasteiger partial charge in [0, 0.05) is 0 Å². The third kappa shape index (κ3) is 4.12. The van der Waals surface area contributed by atoms with E-state index in [2.05, 4.69) is 0 Å². The number of benzene rings is 2. The molecule has 0 heterocycles. The van der Waals surface area contributed by atoms with Crippen molar-refractivity contribution in [3.63, 3.8) is 0 Å². The van der Waals surface area contributed by atoms with Crippen molar-refractivity contribution < 1.29 is 26.4 Å². The van der Waals surface area contributed by atoms with Crippen LogP contribution in [-0.4, -0.2) is 27.1 Å². The highest BCUT2D eigenvalue weighted by molar-refractivity contribution is 7.92. The summed E-state index contributed by atoms with van der Waals surface area (Å²) in [7, 11) is -3.97. The standard InChI is InChI=1S/C16H12F3N3O3S/c1-26(24,25)22(13-5-3-2-4-10(13)8-20)9-14(23)21-12-7-6-11(17)15(18)16(12)19/h2-7H,9H2,1H3,(H,21,23). The zero-order chi connectivity index (χ0) is 19.5. The molecule has 0 radical (unpaired) electrons. The lowest BCUT2D eigenvalue weighted by molar-refractivity contribution is -0.114. The van der Waals surface area contributed by atoms with Crippen LogP contribution in [-0.2, 0) is 14.8 Å². The lowest BCUT2D eigenvalue weighted by Crippen LogP contribution is -2.38. The summed E-state index contributed by atoms with van der Waals surface area (Å²) in [6.07, 6.45) is 0.826. The van der Waals surface area contributed by atoms with Crippen LogP contribution in [0.2, 0.25) is 0 Å². The summed E-state index contributed by atoms with van der Waals surface area (Å²) >= 11 is 0. The van der Waals surface area contributed by atoms with Crippen molar-refractivity contribution in [2.45, 2.75) is 0 Å². The van der Waals surface area contributed by atoms with E-state index in [9.17, 15) is 26.4 Å². The van der Waals surface area contributed by atoms with Gasteiger partial charge in [-0.05, 0) is 24.3 Å². The van der Waals surface area contributed by atoms with Crippen molar-refractivity contribution in [1.82, 2.24) is 0 Å². The Morgan fingerprint density at radius 3 is 2.42 bits per heavy atom. The molecule has 0 aliphatic rings. The molecule has 0 bridgehead atoms. The largest absolute Gasteiger partial charge is 0.322 e. The van der Waals surface area contributed by atoms with Gasteiger partial charge < -0.3 is 5.32 Å². The fraction of sp³-hybridized carbons (Fsp3) is 0.125. The molecule has 136 valence electrons. The molecule has 0 saturated carbocycles. The van der Waals surface area contributed by atoms with Crippen LogP contribution in [0.15, 0.2) is 36.4 Å². The highest BCUT2D eigenvalue weighted by atomic mass is 32.2. The van der Waals surface area contributed by atoms with Crippen LogP contribution in [0.3, 0.4) is 0 Å². The van der Waals surface area contributed by atoms with Gasteiger partial charge >= 0.3 is 0 Å². The Morgan fingerprint density at radius 1 is 1.15 bits per heavy atom. The van der Waals surface area contributed by atoms with Crippen molar-refractivity contribution in [3.05, 3.63) is 59.4 Å². The second kappa shape index (κ2) is 7.45. The molecule has 0 spiro atoms. The van der Waals surface area contributed by atoms with E-state index >= 15 is 0 Å². The number of para-hydroxylation sites is 1. The van der Waals surface area contributed by atoms with E-state index in [0.717, 1.165) is 12.3 Å². The van der Waals surface area contributed by atoms with Crippen LogP contribution in [0.4, 0.5) is 24.5 Å². The first-order valence-electron chi connectivity index (χ1n) is 7.05. The smallest absolute Gasteiger partial charge is 0.245 e. The fourth-order valence-electron chi connectivity index (χ4n) is 2.11. The van der Waals surface area contributed by atoms with Gasteiger partial charge in [0.05, 0.1) is 23.2 Å². The van der Waals surface area contributed by atoms with Crippen LogP contribution < -0.4 is 9.62 Å². The third-order valence-corrected chi connectivity index (χ3v) is 4.42. The predicted molar refractivity (Wildman–Crippen MR) is 88.3 cm³/mol. The van der Waals surface area contributed by atoms with Crippen LogP contribution in [0.1, 0.15) is 5.56 Å². The number of nitrogens with one attached hydrogen (secondary N) is 1. The molecule has 0 aromatic heterocycles. The predicted octanol–water partition coefficient (Wildman–Crippen LogP) is 2.38. The highest BCUT2D eigenvalue weighted by Crippen LogP contribution is 2.23. The van der Waals surface area contributed by atoms with Gasteiger partial charge in [-0.2, -0.15) is 5.26 Å². The molecule has 2 rings (SSSR count). The fourth-order valence-corrected chi connectivity index (χ4v) is 2.98. The molecule has 2 aromatic carbocycles. The maximum absolute atomic E-state index is 13.6. The van der Waals surface area contributed by atoms with Crippen LogP contribution in [0, 0.1) is 28.8 Å². The van der Waals surface area contributed by atoms with E-state index in [0.29, 0.717) is 10.4 Å². The maximum atomic E-state index is 13.6. The summed E-state index contributed by atoms with van der Waals surface area (Å²) in [6, 6.07) is 8.90. The molecule has 0 saturated heterocycles. The number of halogens is 3. The second-order valence-electron chi connectivity index (χ2n) is 5.17. The van der Waals surface area contributed by atoms with E-state index in [1.54, 1.807) is 6.07 Å². The summed E-state index contributed by atoms with van der Waals surface area (Å²) in [5, 5.41) is 11.1. The molecular formula is C16H12F3N3O3S. The summed E-state index contributed by atoms with van der Waals surface area (Å²) in [6.45, 7) is -0.796. The first kappa shape index (κ1) is 19.3. The van der Waals surface area contributed by atoms with Crippen molar-refractivity contribution >= 4 is 27.3 Å². The van der Waals surface area contributed by atoms with Gasteiger partial charge in [0.25, 0.3) is 0 Å². The molecule has 0 aliphatic heterocycles. The van der Waals surface area contributed by atoms with Crippen LogP contribution in [0.5, 0.6) is 0 Å². The summed E-state index contributed by atoms with van der Waals surface area (Å²) in [5.74, 6) is -5.81. The first-order chi connectivity index (χ1) is 12.1. The number of carbonyl (C=O) groups excluding carboxylic acids is 1. The minimum absolute atomic E-state index is 0.00438. The average Bonchev–Trinajstić information content (AvgIpc) is 2.59. The minimum atomic E-state index is -3.97. The van der Waals surface area contributed by atoms with Crippen LogP contribution in [0.25, 0.3) is 0 Å². The Hall–Kier alpha value is -3.06. The SMILES string of the molecule is CS(=O)(=O)N(CC(=O)Nc1ccc(F)c(F)c1F)c1ccccc1C#N. The van der Waals surface area contributed by atoms with Crippen molar-refractivity contribution in [1.29, 1.82) is 5.26 Å². The Morgan fingerprint density at radius 2 is 1.81 bits per heavy atom. The highest BCUT2D eigenvalue weighted by Gasteiger charge is 2.24. The van der Waals surface area contributed by atoms with E-state index < -0.39 is 45.6 Å². The lowest BCUT2D eigenvalue weighted by Gasteiger charge is -2.22. The Bertz CT molecular complexity index is 1000. The van der Waals surface area contributed by atoms with Gasteiger partial charge in [-0.3, -0.25) is 9.10 Å². The lowest BCUT2D eigenvalue weighted by atomic mass is 10.2. The zero-order valence-corrected chi connectivity index (χ0v) is 14.1. The Kier molecular flexibility index (Phi) is 5.52. The summed E-state index contributed by atoms with van der Waals surface area (Å²) in [4.78, 5) is 12.1. The monoisotopic (exact) mass is 383 g/mol. The van der Waals surface area contributed by atoms with Gasteiger partial charge in [0.2, 0.25) is 15.9 Å². The number of carbonyl (C=O) groups is 1. The molecule has 0 atom stereocenters. The number of nitriles is 1. The number of anilines is 2. The van der Waals surface area contributed by atoms with E-state index in [-0.39, 0.29) is 11.3 Å². The van der Waals surface area contributed by atoms with Gasteiger partial charge in [-0.15, -0.1) is 0 Å². The van der Waals surface area contributed by atoms with Crippen molar-refractivity contribution in [3.8, 4) is 6.07 Å². The molecule has 6 nitrogen and oxygen atoms in total. The van der Waals surface area contributed by atoms with Gasteiger partial charge in [-0.25, -0.2) is 21.6 Å². The van der Waals surface area contributed by atoms with Gasteiger partial charge in [0.15, 0.2) is 17.5 Å². The Labute approximate surface area is 147 Å². The molecule has 0 aliphatic carbocycles. The second-order valence-corrected chi connectivity index (χ2v) is 7.08. The van der Waals surface area contributed by atoms with Gasteiger partial charge in [0.1, 0.15) is 12.6 Å². The normalized spacial score (nSPS) is 10.9. The molecule has 1 N–H and O–H groups in total. The van der Waals surface area contributed by atoms with E-state index in [1.165, 1.54) is 24.3 Å². The van der Waals surface area contributed by atoms with E-state index in [4.69, 9.17) is 5.26 Å². The topological polar surface area (TPSA) is 90.3 Å². The first-order valence-corrected chi connectivity index (χ1v) is 8.90. The number of sulfonamides is 1. The number of nitrogens with zero attached hydrogens (tertiary/aromatic N) is 2. The van der Waals surface area contributed by atoms with Crippen molar-refractivity contribution in [2.75, 3.05) is 22.4 Å². The maximum Gasteiger partial charge on any atom is 0.245 e. The van der Waals surface area contributed by atoms with E-state index in [1.807, 2.05) is 5.32 Å². The number of hydrogen-bond acceptors (Lipinski definition) is 4. The van der Waals surface area contributed by atoms with Crippen molar-refractivity contribution in [2.24, 2.45) is 0 Å². The summed E-state index contributed by atoms with van der Waals surface area (Å²) in [5.41, 5.74) is -0.681. The van der Waals surface area contributed by atoms with Crippen LogP contribution >= 0.6 is 0 Å². The molecule has 0 fully saturated rings. The number of amides is 1. The molecule has 0 unspecified atom stereocenters. The van der Waals surface area contributed by atoms with Gasteiger partial charge in [-0.1, -0.05) is 12.1 Å². The molecule has 26 heavy (non-hydrogen) atoms. The zero-order valence-electron chi connectivity index (χ0n) is 13.3. The minimum Gasteiger partial charge on any atom is -0.322 e. The molecule has 2 aromatic rings. The molecular weight excluding hydrogens is 371 g/mol. The quantitative estimate of drug-likeness (QED) is 0.803. The number of rotatable bonds is 5. The molecule has 10 heteroatoms. The third-order valence-electron chi connectivity index (χ3n) is 3.29.